The van der Waals surface area contributed by atoms with Gasteiger partial charge < -0.3 is 4.52 Å². The van der Waals surface area contributed by atoms with Gasteiger partial charge in [0.25, 0.3) is 5.69 Å². The Labute approximate surface area is 111 Å². The average Bonchev–Trinajstić information content (AvgIpc) is 2.26. The first kappa shape index (κ1) is 16.4. The minimum Gasteiger partial charge on any atom is -0.403 e. The molecule has 0 fully saturated rings. The fraction of sp³-hybridized carbons (Fsp3) is 0. The highest BCUT2D eigenvalue weighted by molar-refractivity contribution is 7.59. The Hall–Kier alpha value is -1.63. The molecular weight excluding hydrogens is 339 g/mol. The number of hydrogen-bond donors (Lipinski definition) is 0. The maximum absolute atomic E-state index is 11.7. The van der Waals surface area contributed by atoms with E-state index >= 15 is 0 Å². The highest BCUT2D eigenvalue weighted by Crippen LogP contribution is 2.57. The van der Waals surface area contributed by atoms with Gasteiger partial charge in [-0.25, -0.2) is 22.8 Å². The molecule has 11 nitrogen and oxygen atoms in total. The Morgan fingerprint density at radius 3 is 1.80 bits per heavy atom. The fourth-order valence-electron chi connectivity index (χ4n) is 0.969. The van der Waals surface area contributed by atoms with E-state index in [0.717, 1.165) is 24.3 Å². The molecule has 1 rings (SSSR count). The van der Waals surface area contributed by atoms with Crippen LogP contribution in [0.25, 0.3) is 0 Å². The summed E-state index contributed by atoms with van der Waals surface area (Å²) >= 11 is 0. The van der Waals surface area contributed by atoms with E-state index in [9.17, 15) is 32.9 Å². The average molecular weight is 343 g/mol. The standard InChI is InChI=1S/C6H4NO10P3/c8-7(9)5-1-3-6(4-2-5)15-20(14,16-18(10)11)17-19(12)13/h1-4H. The molecule has 14 heteroatoms. The highest BCUT2D eigenvalue weighted by Gasteiger charge is 2.34. The van der Waals surface area contributed by atoms with Crippen molar-refractivity contribution in [2.75, 3.05) is 0 Å². The van der Waals surface area contributed by atoms with Crippen molar-refractivity contribution in [1.82, 2.24) is 0 Å². The van der Waals surface area contributed by atoms with E-state index in [-0.39, 0.29) is 11.4 Å². The fourth-order valence-corrected chi connectivity index (χ4v) is 3.31. The molecular formula is C6H4NO10P3. The van der Waals surface area contributed by atoms with Gasteiger partial charge in [-0.05, 0) is 12.1 Å². The smallest absolute Gasteiger partial charge is 0.403 e. The highest BCUT2D eigenvalue weighted by atomic mass is 31.3. The zero-order valence-electron chi connectivity index (χ0n) is 9.18. The molecule has 0 saturated carbocycles. The van der Waals surface area contributed by atoms with Crippen molar-refractivity contribution in [2.45, 2.75) is 0 Å². The number of hydrogen-bond acceptors (Lipinski definition) is 10. The van der Waals surface area contributed by atoms with Crippen LogP contribution in [0.4, 0.5) is 5.69 Å². The van der Waals surface area contributed by atoms with Gasteiger partial charge in [0.05, 0.1) is 4.92 Å². The normalized spacial score (nSPS) is 10.8. The lowest BCUT2D eigenvalue weighted by atomic mass is 10.3. The first-order valence-electron chi connectivity index (χ1n) is 4.44. The van der Waals surface area contributed by atoms with Gasteiger partial charge in [-0.3, -0.25) is 10.1 Å². The van der Waals surface area contributed by atoms with Gasteiger partial charge in [-0.1, -0.05) is 0 Å². The van der Waals surface area contributed by atoms with Crippen LogP contribution in [-0.2, 0) is 31.4 Å². The van der Waals surface area contributed by atoms with Gasteiger partial charge in [0.15, 0.2) is 0 Å². The van der Waals surface area contributed by atoms with Gasteiger partial charge >= 0.3 is 23.6 Å². The molecule has 0 aliphatic rings. The number of nitro benzene ring substituents is 1. The molecule has 20 heavy (non-hydrogen) atoms. The van der Waals surface area contributed by atoms with Gasteiger partial charge in [0.2, 0.25) is 0 Å². The summed E-state index contributed by atoms with van der Waals surface area (Å²) in [6.45, 7) is 0. The summed E-state index contributed by atoms with van der Waals surface area (Å²) in [5.74, 6) is -0.354. The summed E-state index contributed by atoms with van der Waals surface area (Å²) in [5.41, 5.74) is -0.321. The zero-order chi connectivity index (χ0) is 15.3. The van der Waals surface area contributed by atoms with Crippen molar-refractivity contribution in [3.05, 3.63) is 34.4 Å². The van der Waals surface area contributed by atoms with E-state index in [1.165, 1.54) is 0 Å². The van der Waals surface area contributed by atoms with Crippen molar-refractivity contribution < 1.29 is 40.9 Å². The molecule has 0 bridgehead atoms. The minimum absolute atomic E-state index is 0.321. The molecule has 0 aliphatic heterocycles. The van der Waals surface area contributed by atoms with Crippen LogP contribution in [0.15, 0.2) is 24.3 Å². The Morgan fingerprint density at radius 2 is 1.45 bits per heavy atom. The second kappa shape index (κ2) is 6.69. The Balaban J connectivity index is 3.00. The van der Waals surface area contributed by atoms with E-state index in [1.807, 2.05) is 0 Å². The van der Waals surface area contributed by atoms with Crippen LogP contribution in [0.1, 0.15) is 0 Å². The van der Waals surface area contributed by atoms with Crippen molar-refractivity contribution in [1.29, 1.82) is 0 Å². The van der Waals surface area contributed by atoms with Crippen LogP contribution in [0, 0.1) is 10.1 Å². The molecule has 0 unspecified atom stereocenters. The predicted molar refractivity (Wildman–Crippen MR) is 60.1 cm³/mol. The van der Waals surface area contributed by atoms with Gasteiger partial charge in [-0.2, -0.15) is 8.62 Å². The quantitative estimate of drug-likeness (QED) is 0.408. The number of nitro groups is 1. The SMILES string of the molecule is O=[N+]([O-])c1ccc(OP(=O)(OP(=O)=O)OP(=O)=O)cc1. The third kappa shape index (κ3) is 5.16. The second-order valence-electron chi connectivity index (χ2n) is 2.90. The van der Waals surface area contributed by atoms with Gasteiger partial charge in [0, 0.05) is 12.1 Å². The predicted octanol–water partition coefficient (Wildman–Crippen LogP) is 3.29. The molecule has 0 aliphatic carbocycles. The van der Waals surface area contributed by atoms with Crippen molar-refractivity contribution in [3.63, 3.8) is 0 Å². The summed E-state index contributed by atoms with van der Waals surface area (Å²) in [6, 6.07) is 3.81. The Bertz CT molecular complexity index is 645. The molecule has 1 aromatic carbocycles. The largest absolute Gasteiger partial charge is 0.555 e. The molecule has 0 saturated heterocycles. The number of benzene rings is 1. The molecule has 1 aromatic rings. The van der Waals surface area contributed by atoms with E-state index in [1.54, 1.807) is 0 Å². The number of rotatable bonds is 7. The van der Waals surface area contributed by atoms with E-state index in [4.69, 9.17) is 0 Å². The molecule has 0 atom stereocenters. The third-order valence-corrected chi connectivity index (χ3v) is 4.70. The number of nitrogens with zero attached hydrogens (tertiary/aromatic N) is 1. The van der Waals surface area contributed by atoms with E-state index < -0.39 is 28.6 Å². The lowest BCUT2D eigenvalue weighted by molar-refractivity contribution is -0.384. The Morgan fingerprint density at radius 1 is 1.00 bits per heavy atom. The van der Waals surface area contributed by atoms with Gasteiger partial charge in [-0.15, -0.1) is 0 Å². The molecule has 0 N–H and O–H groups in total. The summed E-state index contributed by atoms with van der Waals surface area (Å²) < 4.78 is 65.0. The second-order valence-corrected chi connectivity index (χ2v) is 6.18. The molecule has 0 aromatic heterocycles. The number of phosphoric acid groups is 1. The zero-order valence-corrected chi connectivity index (χ0v) is 11.9. The van der Waals surface area contributed by atoms with Crippen LogP contribution in [0.2, 0.25) is 0 Å². The molecule has 0 spiro atoms. The Kier molecular flexibility index (Phi) is 5.50. The van der Waals surface area contributed by atoms with Crippen molar-refractivity contribution in [2.24, 2.45) is 0 Å². The topological polar surface area (TPSA) is 156 Å². The maximum Gasteiger partial charge on any atom is 0.555 e. The summed E-state index contributed by atoms with van der Waals surface area (Å²) in [4.78, 5) is 9.67. The molecule has 0 amide bonds. The van der Waals surface area contributed by atoms with E-state index in [0.29, 0.717) is 0 Å². The van der Waals surface area contributed by atoms with Crippen molar-refractivity contribution >= 4 is 29.3 Å². The van der Waals surface area contributed by atoms with Crippen LogP contribution in [0.3, 0.4) is 0 Å². The summed E-state index contributed by atoms with van der Waals surface area (Å²) in [7, 11) is -12.4. The molecule has 108 valence electrons. The third-order valence-electron chi connectivity index (χ3n) is 1.60. The van der Waals surface area contributed by atoms with Crippen molar-refractivity contribution in [3.8, 4) is 5.75 Å². The maximum atomic E-state index is 11.7. The van der Waals surface area contributed by atoms with E-state index in [2.05, 4.69) is 13.1 Å². The van der Waals surface area contributed by atoms with Crippen LogP contribution in [0.5, 0.6) is 5.75 Å². The van der Waals surface area contributed by atoms with Crippen LogP contribution < -0.4 is 4.52 Å². The number of non-ortho nitro benzene ring substituents is 1. The minimum atomic E-state index is -4.95. The first-order chi connectivity index (χ1) is 9.22. The molecule has 0 heterocycles. The molecule has 0 radical (unpaired) electrons. The van der Waals surface area contributed by atoms with Gasteiger partial charge in [0.1, 0.15) is 5.75 Å². The first-order valence-corrected chi connectivity index (χ1v) is 8.09. The summed E-state index contributed by atoms with van der Waals surface area (Å²) in [5, 5.41) is 10.4. The lowest BCUT2D eigenvalue weighted by Crippen LogP contribution is -1.94. The summed E-state index contributed by atoms with van der Waals surface area (Å²) in [6.07, 6.45) is 0. The van der Waals surface area contributed by atoms with Crippen LogP contribution in [-0.4, -0.2) is 4.92 Å². The van der Waals surface area contributed by atoms with Crippen LogP contribution >= 0.6 is 23.6 Å². The lowest BCUT2D eigenvalue weighted by Gasteiger charge is -2.10. The monoisotopic (exact) mass is 343 g/mol.